The number of aromatic nitrogens is 2. The Kier molecular flexibility index (Phi) is 8.61. The molecule has 8 heteroatoms. The zero-order valence-electron chi connectivity index (χ0n) is 25.0. The summed E-state index contributed by atoms with van der Waals surface area (Å²) in [4.78, 5) is 18.0. The largest absolute Gasteiger partial charge is 0.487 e. The lowest BCUT2D eigenvalue weighted by molar-refractivity contribution is -0.146. The highest BCUT2D eigenvalue weighted by Gasteiger charge is 2.34. The van der Waals surface area contributed by atoms with Gasteiger partial charge >= 0.3 is 5.97 Å². The SMILES string of the molecule is CC1Cc2c(OCc3ccc(OCc4ccccc4)cn3)ccc3c2c(c(CC(C)(C)C(=O)O)n3Cc2ccc(Cl)cc2)S1. The molecule has 0 amide bonds. The Morgan fingerprint density at radius 2 is 1.77 bits per heavy atom. The highest BCUT2D eigenvalue weighted by atomic mass is 35.5. The summed E-state index contributed by atoms with van der Waals surface area (Å²) >= 11 is 8.00. The van der Waals surface area contributed by atoms with Gasteiger partial charge in [-0.1, -0.05) is 61.0 Å². The number of nitrogens with zero attached hydrogens (tertiary/aromatic N) is 2. The lowest BCUT2D eigenvalue weighted by Gasteiger charge is -2.24. The normalized spacial score (nSPS) is 14.5. The Balaban J connectivity index is 1.30. The van der Waals surface area contributed by atoms with Crippen LogP contribution in [0.1, 0.15) is 48.8 Å². The zero-order valence-corrected chi connectivity index (χ0v) is 26.6. The van der Waals surface area contributed by atoms with Gasteiger partial charge in [-0.3, -0.25) is 9.78 Å². The fourth-order valence-electron chi connectivity index (χ4n) is 5.60. The van der Waals surface area contributed by atoms with Crippen LogP contribution < -0.4 is 9.47 Å². The molecule has 44 heavy (non-hydrogen) atoms. The van der Waals surface area contributed by atoms with Crippen LogP contribution in [0.3, 0.4) is 0 Å². The van der Waals surface area contributed by atoms with Gasteiger partial charge in [-0.2, -0.15) is 0 Å². The summed E-state index contributed by atoms with van der Waals surface area (Å²) in [6.45, 7) is 7.25. The molecule has 6 nitrogen and oxygen atoms in total. The second kappa shape index (κ2) is 12.6. The zero-order chi connectivity index (χ0) is 30.8. The fraction of sp³-hybridized carbons (Fsp3) is 0.278. The molecule has 3 heterocycles. The maximum Gasteiger partial charge on any atom is 0.309 e. The first-order chi connectivity index (χ1) is 21.2. The van der Waals surface area contributed by atoms with Crippen LogP contribution >= 0.6 is 23.4 Å². The average Bonchev–Trinajstić information content (AvgIpc) is 3.29. The molecule has 1 N–H and O–H groups in total. The van der Waals surface area contributed by atoms with Crippen LogP contribution in [0.4, 0.5) is 0 Å². The third kappa shape index (κ3) is 6.44. The van der Waals surface area contributed by atoms with Crippen molar-refractivity contribution in [1.29, 1.82) is 0 Å². The van der Waals surface area contributed by atoms with Gasteiger partial charge in [0.25, 0.3) is 0 Å². The molecule has 5 aromatic rings. The topological polar surface area (TPSA) is 73.6 Å². The van der Waals surface area contributed by atoms with Gasteiger partial charge in [0.15, 0.2) is 0 Å². The number of benzene rings is 3. The van der Waals surface area contributed by atoms with Crippen LogP contribution in [-0.2, 0) is 37.4 Å². The number of hydrogen-bond donors (Lipinski definition) is 1. The van der Waals surface area contributed by atoms with E-state index in [-0.39, 0.29) is 0 Å². The number of thioether (sulfide) groups is 1. The number of ether oxygens (including phenoxy) is 2. The van der Waals surface area contributed by atoms with Gasteiger partial charge in [-0.05, 0) is 67.8 Å². The molecule has 1 aliphatic rings. The summed E-state index contributed by atoms with van der Waals surface area (Å²) in [5, 5.41) is 12.2. The van der Waals surface area contributed by atoms with Crippen LogP contribution in [-0.4, -0.2) is 25.9 Å². The van der Waals surface area contributed by atoms with Crippen molar-refractivity contribution in [3.05, 3.63) is 118 Å². The fourth-order valence-corrected chi connectivity index (χ4v) is 7.04. The molecular formula is C36H35ClN2O4S. The van der Waals surface area contributed by atoms with Crippen LogP contribution in [0.2, 0.25) is 5.02 Å². The highest BCUT2D eigenvalue weighted by molar-refractivity contribution is 8.00. The smallest absolute Gasteiger partial charge is 0.309 e. The quantitative estimate of drug-likeness (QED) is 0.158. The first-order valence-electron chi connectivity index (χ1n) is 14.7. The molecule has 0 radical (unpaired) electrons. The van der Waals surface area contributed by atoms with E-state index in [2.05, 4.69) is 22.5 Å². The van der Waals surface area contributed by atoms with E-state index in [9.17, 15) is 9.90 Å². The van der Waals surface area contributed by atoms with E-state index in [1.807, 2.05) is 84.6 Å². The molecule has 3 aromatic carbocycles. The summed E-state index contributed by atoms with van der Waals surface area (Å²) in [7, 11) is 0. The Morgan fingerprint density at radius 1 is 1.00 bits per heavy atom. The third-order valence-electron chi connectivity index (χ3n) is 8.03. The molecular weight excluding hydrogens is 592 g/mol. The number of carboxylic acid groups (broad SMARTS) is 1. The number of hydrogen-bond acceptors (Lipinski definition) is 5. The van der Waals surface area contributed by atoms with Crippen molar-refractivity contribution in [1.82, 2.24) is 9.55 Å². The van der Waals surface area contributed by atoms with Gasteiger partial charge in [0.1, 0.15) is 24.7 Å². The number of pyridine rings is 1. The highest BCUT2D eigenvalue weighted by Crippen LogP contribution is 2.48. The summed E-state index contributed by atoms with van der Waals surface area (Å²) < 4.78 is 14.6. The van der Waals surface area contributed by atoms with Gasteiger partial charge in [-0.15, -0.1) is 11.8 Å². The number of halogens is 1. The minimum absolute atomic E-state index is 0.313. The molecule has 0 bridgehead atoms. The van der Waals surface area contributed by atoms with Crippen molar-refractivity contribution < 1.29 is 19.4 Å². The van der Waals surface area contributed by atoms with Crippen LogP contribution in [0, 0.1) is 5.41 Å². The Bertz CT molecular complexity index is 1780. The second-order valence-corrected chi connectivity index (χ2v) is 13.9. The van der Waals surface area contributed by atoms with Crippen molar-refractivity contribution in [2.24, 2.45) is 5.41 Å². The van der Waals surface area contributed by atoms with E-state index in [4.69, 9.17) is 21.1 Å². The van der Waals surface area contributed by atoms with Crippen LogP contribution in [0.15, 0.2) is 90.0 Å². The predicted octanol–water partition coefficient (Wildman–Crippen LogP) is 8.59. The van der Waals surface area contributed by atoms with E-state index in [1.54, 1.807) is 20.0 Å². The summed E-state index contributed by atoms with van der Waals surface area (Å²) in [5.41, 5.74) is 5.40. The van der Waals surface area contributed by atoms with Crippen LogP contribution in [0.25, 0.3) is 10.9 Å². The van der Waals surface area contributed by atoms with Crippen molar-refractivity contribution in [3.63, 3.8) is 0 Å². The van der Waals surface area contributed by atoms with Gasteiger partial charge in [-0.25, -0.2) is 0 Å². The summed E-state index contributed by atoms with van der Waals surface area (Å²) in [6, 6.07) is 25.9. The van der Waals surface area contributed by atoms with E-state index in [0.717, 1.165) is 56.0 Å². The maximum absolute atomic E-state index is 12.2. The molecule has 0 saturated carbocycles. The van der Waals surface area contributed by atoms with Gasteiger partial charge in [0.2, 0.25) is 0 Å². The third-order valence-corrected chi connectivity index (χ3v) is 9.52. The van der Waals surface area contributed by atoms with E-state index < -0.39 is 11.4 Å². The number of carboxylic acids is 1. The first-order valence-corrected chi connectivity index (χ1v) is 16.0. The standard InChI is InChI=1S/C36H35ClN2O4S/c1-23-17-29-32(43-22-27-13-14-28(19-38-27)42-21-25-7-5-4-6-8-25)16-15-30-33(29)34(44-23)31(18-36(2,3)35(40)41)39(30)20-24-9-11-26(37)12-10-24/h4-16,19,23H,17-18,20-22H2,1-3H3,(H,40,41). The molecule has 1 atom stereocenters. The number of carbonyl (C=O) groups is 1. The van der Waals surface area contributed by atoms with E-state index in [0.29, 0.717) is 42.2 Å². The Labute approximate surface area is 267 Å². The number of aliphatic carboxylic acids is 1. The number of rotatable bonds is 11. The molecule has 0 fully saturated rings. The average molecular weight is 627 g/mol. The lowest BCUT2D eigenvalue weighted by atomic mass is 9.87. The molecule has 0 aliphatic carbocycles. The molecule has 1 unspecified atom stereocenters. The summed E-state index contributed by atoms with van der Waals surface area (Å²) in [6.07, 6.45) is 3.01. The first kappa shape index (κ1) is 30.1. The molecule has 226 valence electrons. The Hall–Kier alpha value is -3.94. The van der Waals surface area contributed by atoms with Crippen LogP contribution in [0.5, 0.6) is 11.5 Å². The molecule has 0 saturated heterocycles. The summed E-state index contributed by atoms with van der Waals surface area (Å²) in [5.74, 6) is 0.739. The van der Waals surface area contributed by atoms with Crippen molar-refractivity contribution in [2.75, 3.05) is 0 Å². The van der Waals surface area contributed by atoms with Gasteiger partial charge in [0, 0.05) is 44.8 Å². The van der Waals surface area contributed by atoms with Crippen molar-refractivity contribution >= 4 is 40.2 Å². The monoisotopic (exact) mass is 626 g/mol. The Morgan fingerprint density at radius 3 is 2.48 bits per heavy atom. The van der Waals surface area contributed by atoms with Gasteiger partial charge in [0.05, 0.1) is 22.8 Å². The minimum atomic E-state index is -0.925. The molecule has 6 rings (SSSR count). The van der Waals surface area contributed by atoms with E-state index in [1.165, 1.54) is 0 Å². The van der Waals surface area contributed by atoms with Crippen molar-refractivity contribution in [2.45, 2.75) is 63.5 Å². The minimum Gasteiger partial charge on any atom is -0.487 e. The lowest BCUT2D eigenvalue weighted by Crippen LogP contribution is -2.28. The van der Waals surface area contributed by atoms with Crippen molar-refractivity contribution in [3.8, 4) is 11.5 Å². The molecule has 0 spiro atoms. The van der Waals surface area contributed by atoms with E-state index >= 15 is 0 Å². The molecule has 2 aromatic heterocycles. The predicted molar refractivity (Wildman–Crippen MR) is 176 cm³/mol. The maximum atomic E-state index is 12.2. The van der Waals surface area contributed by atoms with Gasteiger partial charge < -0.3 is 19.1 Å². The second-order valence-electron chi connectivity index (χ2n) is 12.0. The molecule has 1 aliphatic heterocycles.